The van der Waals surface area contributed by atoms with E-state index < -0.39 is 0 Å². The lowest BCUT2D eigenvalue weighted by Crippen LogP contribution is -2.01. The molecule has 14 heavy (non-hydrogen) atoms. The van der Waals surface area contributed by atoms with E-state index in [2.05, 4.69) is 17.2 Å². The molecule has 0 radical (unpaired) electrons. The summed E-state index contributed by atoms with van der Waals surface area (Å²) in [6.07, 6.45) is 2.83. The van der Waals surface area contributed by atoms with Gasteiger partial charge in [0, 0.05) is 11.9 Å². The van der Waals surface area contributed by atoms with E-state index in [0.717, 1.165) is 30.2 Å². The highest BCUT2D eigenvalue weighted by Gasteiger charge is 2.09. The number of aromatic nitrogens is 3. The molecule has 0 amide bonds. The minimum atomic E-state index is 0.00239. The lowest BCUT2D eigenvalue weighted by atomic mass is 10.3. The van der Waals surface area contributed by atoms with Gasteiger partial charge in [0.1, 0.15) is 5.69 Å². The van der Waals surface area contributed by atoms with Crippen LogP contribution < -0.4 is 0 Å². The second-order valence-electron chi connectivity index (χ2n) is 2.98. The number of alkyl halides is 1. The smallest absolute Gasteiger partial charge is 0.100 e. The number of hydrogen-bond acceptors (Lipinski definition) is 3. The summed E-state index contributed by atoms with van der Waals surface area (Å²) in [5, 5.41) is 8.07. The minimum absolute atomic E-state index is 0.00239. The molecule has 0 aliphatic carbocycles. The highest BCUT2D eigenvalue weighted by atomic mass is 35.5. The zero-order valence-corrected chi connectivity index (χ0v) is 10.2. The first kappa shape index (κ1) is 11.9. The van der Waals surface area contributed by atoms with E-state index in [9.17, 15) is 0 Å². The van der Waals surface area contributed by atoms with Gasteiger partial charge in [-0.1, -0.05) is 19.1 Å². The summed E-state index contributed by atoms with van der Waals surface area (Å²) in [4.78, 5) is 0. The molecule has 5 heteroatoms. The lowest BCUT2D eigenvalue weighted by Gasteiger charge is -1.99. The number of halogens is 1. The Labute approximate surface area is 94.2 Å². The van der Waals surface area contributed by atoms with E-state index in [1.54, 1.807) is 0 Å². The van der Waals surface area contributed by atoms with Crippen molar-refractivity contribution in [3.05, 3.63) is 11.9 Å². The third-order valence-corrected chi connectivity index (χ3v) is 3.32. The Morgan fingerprint density at radius 3 is 3.00 bits per heavy atom. The second kappa shape index (κ2) is 6.30. The third-order valence-electron chi connectivity index (χ3n) is 1.90. The maximum absolute atomic E-state index is 6.04. The predicted octanol–water partition coefficient (Wildman–Crippen LogP) is 2.72. The summed E-state index contributed by atoms with van der Waals surface area (Å²) in [6.45, 7) is 5.12. The summed E-state index contributed by atoms with van der Waals surface area (Å²) >= 11 is 7.95. The van der Waals surface area contributed by atoms with Gasteiger partial charge in [-0.3, -0.25) is 4.68 Å². The Bertz CT molecular complexity index is 264. The molecule has 1 heterocycles. The van der Waals surface area contributed by atoms with Gasteiger partial charge < -0.3 is 0 Å². The Hall–Kier alpha value is -0.220. The highest BCUT2D eigenvalue weighted by Crippen LogP contribution is 2.20. The van der Waals surface area contributed by atoms with Gasteiger partial charge in [-0.25, -0.2) is 0 Å². The SMILES string of the molecule is CCSCCn1cc(C(Cl)CC)nn1. The summed E-state index contributed by atoms with van der Waals surface area (Å²) in [5.74, 6) is 2.23. The van der Waals surface area contributed by atoms with Crippen LogP contribution >= 0.6 is 23.4 Å². The van der Waals surface area contributed by atoms with Crippen LogP contribution in [0.5, 0.6) is 0 Å². The fourth-order valence-electron chi connectivity index (χ4n) is 1.08. The first-order valence-corrected chi connectivity index (χ1v) is 6.48. The van der Waals surface area contributed by atoms with E-state index in [1.807, 2.05) is 29.6 Å². The monoisotopic (exact) mass is 233 g/mol. The van der Waals surface area contributed by atoms with Crippen molar-refractivity contribution in [3.8, 4) is 0 Å². The van der Waals surface area contributed by atoms with Gasteiger partial charge in [0.05, 0.1) is 11.9 Å². The van der Waals surface area contributed by atoms with Crippen LogP contribution in [0.2, 0.25) is 0 Å². The van der Waals surface area contributed by atoms with Crippen LogP contribution in [0.4, 0.5) is 0 Å². The van der Waals surface area contributed by atoms with Crippen molar-refractivity contribution in [2.45, 2.75) is 32.2 Å². The molecule has 0 aliphatic rings. The molecule has 80 valence electrons. The fourth-order valence-corrected chi connectivity index (χ4v) is 1.78. The van der Waals surface area contributed by atoms with Crippen LogP contribution in [0.15, 0.2) is 6.20 Å². The van der Waals surface area contributed by atoms with Crippen molar-refractivity contribution in [2.24, 2.45) is 0 Å². The third kappa shape index (κ3) is 3.50. The first-order valence-electron chi connectivity index (χ1n) is 4.89. The molecule has 0 aromatic carbocycles. The molecule has 0 saturated carbocycles. The van der Waals surface area contributed by atoms with Crippen molar-refractivity contribution in [1.82, 2.24) is 15.0 Å². The van der Waals surface area contributed by atoms with Gasteiger partial charge >= 0.3 is 0 Å². The van der Waals surface area contributed by atoms with Crippen LogP contribution in [0.1, 0.15) is 31.3 Å². The molecule has 1 atom stereocenters. The normalized spacial score (nSPS) is 13.1. The molecule has 1 aromatic rings. The van der Waals surface area contributed by atoms with Crippen molar-refractivity contribution < 1.29 is 0 Å². The van der Waals surface area contributed by atoms with Crippen LogP contribution in [0.3, 0.4) is 0 Å². The molecule has 0 saturated heterocycles. The van der Waals surface area contributed by atoms with E-state index >= 15 is 0 Å². The number of nitrogens with zero attached hydrogens (tertiary/aromatic N) is 3. The zero-order chi connectivity index (χ0) is 10.4. The minimum Gasteiger partial charge on any atom is -0.251 e. The molecule has 0 fully saturated rings. The van der Waals surface area contributed by atoms with Gasteiger partial charge in [0.2, 0.25) is 0 Å². The molecule has 1 unspecified atom stereocenters. The molecule has 1 aromatic heterocycles. The van der Waals surface area contributed by atoms with Gasteiger partial charge in [-0.15, -0.1) is 16.7 Å². The van der Waals surface area contributed by atoms with E-state index in [-0.39, 0.29) is 5.38 Å². The number of thioether (sulfide) groups is 1. The van der Waals surface area contributed by atoms with Crippen molar-refractivity contribution in [2.75, 3.05) is 11.5 Å². The molecule has 0 bridgehead atoms. The Balaban J connectivity index is 2.42. The molecule has 0 spiro atoms. The highest BCUT2D eigenvalue weighted by molar-refractivity contribution is 7.99. The van der Waals surface area contributed by atoms with E-state index in [4.69, 9.17) is 11.6 Å². The van der Waals surface area contributed by atoms with E-state index in [1.165, 1.54) is 0 Å². The van der Waals surface area contributed by atoms with Gasteiger partial charge in [0.15, 0.2) is 0 Å². The van der Waals surface area contributed by atoms with Gasteiger partial charge in [0.25, 0.3) is 0 Å². The van der Waals surface area contributed by atoms with Crippen LogP contribution in [-0.2, 0) is 6.54 Å². The summed E-state index contributed by atoms with van der Waals surface area (Å²) in [7, 11) is 0. The molecule has 0 N–H and O–H groups in total. The first-order chi connectivity index (χ1) is 6.77. The Morgan fingerprint density at radius 2 is 2.36 bits per heavy atom. The lowest BCUT2D eigenvalue weighted by molar-refractivity contribution is 0.632. The molecule has 3 nitrogen and oxygen atoms in total. The van der Waals surface area contributed by atoms with Crippen LogP contribution in [0.25, 0.3) is 0 Å². The average molecular weight is 234 g/mol. The maximum atomic E-state index is 6.04. The van der Waals surface area contributed by atoms with Crippen molar-refractivity contribution >= 4 is 23.4 Å². The second-order valence-corrected chi connectivity index (χ2v) is 4.90. The van der Waals surface area contributed by atoms with Crippen LogP contribution in [0, 0.1) is 0 Å². The Kier molecular flexibility index (Phi) is 5.33. The summed E-state index contributed by atoms with van der Waals surface area (Å²) < 4.78 is 1.86. The molecular formula is C9H16ClN3S. The van der Waals surface area contributed by atoms with Crippen LogP contribution in [-0.4, -0.2) is 26.5 Å². The topological polar surface area (TPSA) is 30.7 Å². The van der Waals surface area contributed by atoms with Crippen molar-refractivity contribution in [1.29, 1.82) is 0 Å². The average Bonchev–Trinajstić information content (AvgIpc) is 2.66. The summed E-state index contributed by atoms with van der Waals surface area (Å²) in [6, 6.07) is 0. The quantitative estimate of drug-likeness (QED) is 0.559. The molecule has 0 aliphatic heterocycles. The van der Waals surface area contributed by atoms with E-state index in [0.29, 0.717) is 0 Å². The maximum Gasteiger partial charge on any atom is 0.100 e. The molecule has 1 rings (SSSR count). The predicted molar refractivity (Wildman–Crippen MR) is 61.9 cm³/mol. The fraction of sp³-hybridized carbons (Fsp3) is 0.778. The number of hydrogen-bond donors (Lipinski definition) is 0. The molecular weight excluding hydrogens is 218 g/mol. The standard InChI is InChI=1S/C9H16ClN3S/c1-3-8(10)9-7-13(12-11-9)5-6-14-4-2/h7-8H,3-6H2,1-2H3. The zero-order valence-electron chi connectivity index (χ0n) is 8.61. The number of rotatable bonds is 6. The summed E-state index contributed by atoms with van der Waals surface area (Å²) in [5.41, 5.74) is 0.885. The Morgan fingerprint density at radius 1 is 1.57 bits per heavy atom. The van der Waals surface area contributed by atoms with Gasteiger partial charge in [-0.05, 0) is 12.2 Å². The number of aryl methyl sites for hydroxylation is 1. The van der Waals surface area contributed by atoms with Gasteiger partial charge in [-0.2, -0.15) is 11.8 Å². The largest absolute Gasteiger partial charge is 0.251 e. The van der Waals surface area contributed by atoms with Crippen molar-refractivity contribution in [3.63, 3.8) is 0 Å².